The average molecular weight is 483 g/mol. The summed E-state index contributed by atoms with van der Waals surface area (Å²) in [5, 5.41) is 14.4. The molecule has 0 amide bonds. The summed E-state index contributed by atoms with van der Waals surface area (Å²) in [6.45, 7) is 26.3. The number of aliphatic hydroxyl groups excluding tert-OH is 1. The van der Waals surface area contributed by atoms with Gasteiger partial charge in [0.25, 0.3) is 0 Å². The zero-order valence-electron chi connectivity index (χ0n) is 23.8. The number of rotatable bonds is 15. The van der Waals surface area contributed by atoms with Gasteiger partial charge in [-0.15, -0.1) is 0 Å². The zero-order chi connectivity index (χ0) is 26.1. The van der Waals surface area contributed by atoms with Gasteiger partial charge >= 0.3 is 0 Å². The Morgan fingerprint density at radius 1 is 1.03 bits per heavy atom. The Labute approximate surface area is 217 Å². The summed E-state index contributed by atoms with van der Waals surface area (Å²) in [7, 11) is 0. The third-order valence-corrected chi connectivity index (χ3v) is 9.20. The first kappa shape index (κ1) is 29.5. The molecule has 8 atom stereocenters. The molecule has 3 nitrogen and oxygen atoms in total. The summed E-state index contributed by atoms with van der Waals surface area (Å²) in [6, 6.07) is 10.3. The van der Waals surface area contributed by atoms with Crippen LogP contribution in [0.15, 0.2) is 54.9 Å². The highest BCUT2D eigenvalue weighted by atomic mass is 16.3. The van der Waals surface area contributed by atoms with Crippen molar-refractivity contribution in [2.75, 3.05) is 6.54 Å². The number of likely N-dealkylation sites (tertiary alicyclic amines) is 1. The maximum absolute atomic E-state index is 10.8. The number of benzene rings is 1. The van der Waals surface area contributed by atoms with E-state index in [1.807, 2.05) is 37.3 Å². The van der Waals surface area contributed by atoms with E-state index in [-0.39, 0.29) is 6.04 Å². The molecule has 1 aliphatic rings. The molecule has 1 aromatic rings. The molecule has 0 spiro atoms. The number of nitrogens with one attached hydrogen (secondary N) is 1. The largest absolute Gasteiger partial charge is 0.386 e. The smallest absolute Gasteiger partial charge is 0.0988 e. The van der Waals surface area contributed by atoms with Crippen LogP contribution in [-0.4, -0.2) is 28.6 Å². The normalized spacial score (nSPS) is 22.1. The van der Waals surface area contributed by atoms with Crippen LogP contribution in [0.1, 0.15) is 98.7 Å². The van der Waals surface area contributed by atoms with Crippen LogP contribution in [0.25, 0.3) is 0 Å². The van der Waals surface area contributed by atoms with Crippen LogP contribution < -0.4 is 5.32 Å². The van der Waals surface area contributed by atoms with E-state index in [0.29, 0.717) is 23.8 Å². The molecule has 1 aromatic carbocycles. The van der Waals surface area contributed by atoms with Crippen molar-refractivity contribution in [3.05, 3.63) is 60.4 Å². The highest BCUT2D eigenvalue weighted by Crippen LogP contribution is 2.38. The van der Waals surface area contributed by atoms with Crippen molar-refractivity contribution in [1.29, 1.82) is 0 Å². The van der Waals surface area contributed by atoms with E-state index in [1.165, 1.54) is 31.4 Å². The van der Waals surface area contributed by atoms with Crippen molar-refractivity contribution < 1.29 is 5.11 Å². The van der Waals surface area contributed by atoms with Gasteiger partial charge in [0, 0.05) is 24.0 Å². The topological polar surface area (TPSA) is 35.5 Å². The van der Waals surface area contributed by atoms with E-state index < -0.39 is 6.10 Å². The molecule has 198 valence electrons. The van der Waals surface area contributed by atoms with Crippen molar-refractivity contribution in [3.63, 3.8) is 0 Å². The third-order valence-electron chi connectivity index (χ3n) is 9.20. The van der Waals surface area contributed by atoms with Gasteiger partial charge in [-0.25, -0.2) is 0 Å². The van der Waals surface area contributed by atoms with Gasteiger partial charge in [-0.3, -0.25) is 0 Å². The first-order chi connectivity index (χ1) is 16.7. The molecule has 35 heavy (non-hydrogen) atoms. The van der Waals surface area contributed by atoms with Crippen LogP contribution in [0.2, 0.25) is 0 Å². The molecule has 3 heteroatoms. The fraction of sp³-hybridized carbons (Fsp3) is 0.688. The quantitative estimate of drug-likeness (QED) is 0.266. The molecule has 0 aromatic heterocycles. The number of hydrogen-bond donors (Lipinski definition) is 2. The van der Waals surface area contributed by atoms with E-state index in [9.17, 15) is 5.11 Å². The highest BCUT2D eigenvalue weighted by molar-refractivity contribution is 5.19. The first-order valence-electron chi connectivity index (χ1n) is 14.3. The molecule has 1 saturated heterocycles. The minimum absolute atomic E-state index is 0.0909. The number of hydrogen-bond acceptors (Lipinski definition) is 3. The molecule has 4 unspecified atom stereocenters. The number of nitrogens with zero attached hydrogens (tertiary/aromatic N) is 1. The van der Waals surface area contributed by atoms with E-state index in [1.54, 1.807) is 0 Å². The lowest BCUT2D eigenvalue weighted by molar-refractivity contribution is 0.133. The van der Waals surface area contributed by atoms with Gasteiger partial charge in [0.2, 0.25) is 0 Å². The Hall–Kier alpha value is -1.74. The van der Waals surface area contributed by atoms with Crippen LogP contribution in [0.3, 0.4) is 0 Å². The van der Waals surface area contributed by atoms with Crippen LogP contribution in [0, 0.1) is 29.6 Å². The maximum atomic E-state index is 10.8. The lowest BCUT2D eigenvalue weighted by Crippen LogP contribution is -2.41. The standard InChI is InChI=1S/C32H54N2O/c1-10-22(4)24(6)28(11-2)21-23(5)34-20-16-19-31(34)30(12-3)25(7)26(8)33-27(9)32(35)29-17-14-13-15-18-29/h13-15,17-18,22,24-25,27-28,30-33,35H,5,8,10-12,16,19-21H2,1-4,6-7,9H3/t22-,24-,25?,27+,28?,30+,31?,32?/m0/s1. The second kappa shape index (κ2) is 14.1. The highest BCUT2D eigenvalue weighted by Gasteiger charge is 2.36. The first-order valence-corrected chi connectivity index (χ1v) is 14.3. The summed E-state index contributed by atoms with van der Waals surface area (Å²) in [4.78, 5) is 2.65. The van der Waals surface area contributed by atoms with Crippen molar-refractivity contribution in [1.82, 2.24) is 10.2 Å². The SMILES string of the molecule is C=C(N[C@H](C)C(O)c1ccccc1)C(C)[C@@H](CC)C1CCCN1C(=C)CC(CC)[C@@H](C)[C@@H](C)CC. The van der Waals surface area contributed by atoms with E-state index in [4.69, 9.17) is 0 Å². The van der Waals surface area contributed by atoms with Crippen molar-refractivity contribution in [2.45, 2.75) is 105 Å². The predicted molar refractivity (Wildman–Crippen MR) is 152 cm³/mol. The van der Waals surface area contributed by atoms with E-state index in [0.717, 1.165) is 42.5 Å². The second-order valence-corrected chi connectivity index (χ2v) is 11.3. The van der Waals surface area contributed by atoms with E-state index in [2.05, 4.69) is 64.9 Å². The van der Waals surface area contributed by atoms with Crippen LogP contribution >= 0.6 is 0 Å². The predicted octanol–water partition coefficient (Wildman–Crippen LogP) is 7.95. The maximum Gasteiger partial charge on any atom is 0.0988 e. The van der Waals surface area contributed by atoms with Gasteiger partial charge in [0.1, 0.15) is 0 Å². The summed E-state index contributed by atoms with van der Waals surface area (Å²) in [6.07, 6.45) is 6.62. The van der Waals surface area contributed by atoms with E-state index >= 15 is 0 Å². The summed E-state index contributed by atoms with van der Waals surface area (Å²) < 4.78 is 0. The number of allylic oxidation sites excluding steroid dienone is 2. The molecular formula is C32H54N2O. The van der Waals surface area contributed by atoms with Gasteiger partial charge in [-0.1, -0.05) is 104 Å². The zero-order valence-corrected chi connectivity index (χ0v) is 23.8. The lowest BCUT2D eigenvalue weighted by Gasteiger charge is -2.40. The molecule has 2 N–H and O–H groups in total. The fourth-order valence-corrected chi connectivity index (χ4v) is 6.25. The summed E-state index contributed by atoms with van der Waals surface area (Å²) in [5.74, 6) is 3.03. The molecule has 1 fully saturated rings. The fourth-order valence-electron chi connectivity index (χ4n) is 6.25. The summed E-state index contributed by atoms with van der Waals surface area (Å²) >= 11 is 0. The minimum atomic E-state index is -0.554. The van der Waals surface area contributed by atoms with Crippen molar-refractivity contribution in [3.8, 4) is 0 Å². The molecule has 2 rings (SSSR count). The second-order valence-electron chi connectivity index (χ2n) is 11.3. The molecule has 0 bridgehead atoms. The van der Waals surface area contributed by atoms with Gasteiger partial charge in [0.15, 0.2) is 0 Å². The van der Waals surface area contributed by atoms with Gasteiger partial charge in [-0.05, 0) is 61.3 Å². The summed E-state index contributed by atoms with van der Waals surface area (Å²) in [5.41, 5.74) is 3.32. The van der Waals surface area contributed by atoms with Crippen LogP contribution in [0.5, 0.6) is 0 Å². The Balaban J connectivity index is 2.05. The minimum Gasteiger partial charge on any atom is -0.386 e. The number of aliphatic hydroxyl groups is 1. The van der Waals surface area contributed by atoms with Crippen molar-refractivity contribution >= 4 is 0 Å². The van der Waals surface area contributed by atoms with Gasteiger partial charge in [0.05, 0.1) is 12.1 Å². The molecule has 1 heterocycles. The van der Waals surface area contributed by atoms with Crippen molar-refractivity contribution in [2.24, 2.45) is 29.6 Å². The Bertz CT molecular complexity index is 775. The Morgan fingerprint density at radius 2 is 1.69 bits per heavy atom. The average Bonchev–Trinajstić information content (AvgIpc) is 3.36. The molecule has 0 saturated carbocycles. The van der Waals surface area contributed by atoms with Gasteiger partial charge < -0.3 is 15.3 Å². The Kier molecular flexibility index (Phi) is 11.9. The third kappa shape index (κ3) is 7.62. The van der Waals surface area contributed by atoms with Crippen LogP contribution in [0.4, 0.5) is 0 Å². The molecular weight excluding hydrogens is 428 g/mol. The lowest BCUT2D eigenvalue weighted by atomic mass is 9.78. The monoisotopic (exact) mass is 482 g/mol. The van der Waals surface area contributed by atoms with Crippen LogP contribution in [-0.2, 0) is 0 Å². The molecule has 0 aliphatic carbocycles. The Morgan fingerprint density at radius 3 is 2.26 bits per heavy atom. The van der Waals surface area contributed by atoms with Gasteiger partial charge in [-0.2, -0.15) is 0 Å². The molecule has 1 aliphatic heterocycles. The molecule has 0 radical (unpaired) electrons.